The Hall–Kier alpha value is -1.52. The number of benzene rings is 1. The third kappa shape index (κ3) is 3.72. The molecule has 1 aromatic heterocycles. The number of aromatic nitrogens is 2. The highest BCUT2D eigenvalue weighted by molar-refractivity contribution is 6.30. The van der Waals surface area contributed by atoms with E-state index in [0.717, 1.165) is 36.7 Å². The first-order valence-electron chi connectivity index (χ1n) is 6.42. The lowest BCUT2D eigenvalue weighted by Crippen LogP contribution is -2.12. The minimum Gasteiger partial charge on any atom is -0.454 e. The van der Waals surface area contributed by atoms with Gasteiger partial charge in [-0.2, -0.15) is 5.10 Å². The molecule has 1 heterocycles. The van der Waals surface area contributed by atoms with E-state index in [0.29, 0.717) is 5.02 Å². The van der Waals surface area contributed by atoms with Gasteiger partial charge < -0.3 is 10.1 Å². The van der Waals surface area contributed by atoms with E-state index in [-0.39, 0.29) is 0 Å². The van der Waals surface area contributed by atoms with Crippen LogP contribution < -0.4 is 10.1 Å². The number of nitrogens with one attached hydrogen (secondary N) is 1. The van der Waals surface area contributed by atoms with Gasteiger partial charge in [-0.1, -0.05) is 24.6 Å². The first kappa shape index (κ1) is 13.9. The van der Waals surface area contributed by atoms with E-state index in [1.165, 1.54) is 0 Å². The van der Waals surface area contributed by atoms with E-state index in [9.17, 15) is 0 Å². The highest BCUT2D eigenvalue weighted by Gasteiger charge is 2.07. The largest absolute Gasteiger partial charge is 0.454 e. The fourth-order valence-corrected chi connectivity index (χ4v) is 1.89. The number of nitrogens with zero attached hydrogens (tertiary/aromatic N) is 2. The molecule has 4 nitrogen and oxygen atoms in total. The number of hydrogen-bond donors (Lipinski definition) is 1. The van der Waals surface area contributed by atoms with Crippen molar-refractivity contribution < 1.29 is 4.74 Å². The van der Waals surface area contributed by atoms with E-state index in [1.807, 2.05) is 36.0 Å². The Morgan fingerprint density at radius 1 is 1.37 bits per heavy atom. The van der Waals surface area contributed by atoms with Crippen molar-refractivity contribution in [3.63, 3.8) is 0 Å². The van der Waals surface area contributed by atoms with Crippen molar-refractivity contribution in [2.24, 2.45) is 0 Å². The summed E-state index contributed by atoms with van der Waals surface area (Å²) < 4.78 is 7.69. The van der Waals surface area contributed by atoms with Crippen molar-refractivity contribution in [1.82, 2.24) is 15.1 Å². The van der Waals surface area contributed by atoms with Gasteiger partial charge in [0.05, 0.1) is 12.4 Å². The summed E-state index contributed by atoms with van der Waals surface area (Å²) in [7, 11) is 0. The predicted octanol–water partition coefficient (Wildman–Crippen LogP) is 3.46. The van der Waals surface area contributed by atoms with Crippen LogP contribution in [-0.4, -0.2) is 16.3 Å². The van der Waals surface area contributed by atoms with Crippen molar-refractivity contribution in [3.05, 3.63) is 41.2 Å². The normalized spacial score (nSPS) is 10.7. The fourth-order valence-electron chi connectivity index (χ4n) is 1.73. The maximum atomic E-state index is 6.03. The molecular formula is C14H18ClN3O. The quantitative estimate of drug-likeness (QED) is 0.880. The number of halogens is 1. The first-order chi connectivity index (χ1) is 9.22. The van der Waals surface area contributed by atoms with Crippen LogP contribution in [0.25, 0.3) is 0 Å². The van der Waals surface area contributed by atoms with Crippen molar-refractivity contribution in [1.29, 1.82) is 0 Å². The van der Waals surface area contributed by atoms with E-state index in [1.54, 1.807) is 6.20 Å². The summed E-state index contributed by atoms with van der Waals surface area (Å²) in [6.45, 7) is 6.60. The van der Waals surface area contributed by atoms with Crippen LogP contribution in [0.15, 0.2) is 30.6 Å². The van der Waals surface area contributed by atoms with Gasteiger partial charge in [0.15, 0.2) is 5.75 Å². The molecular weight excluding hydrogens is 262 g/mol. The second-order valence-corrected chi connectivity index (χ2v) is 4.60. The highest BCUT2D eigenvalue weighted by Crippen LogP contribution is 2.28. The number of rotatable bonds is 6. The molecule has 102 valence electrons. The molecule has 5 heteroatoms. The average Bonchev–Trinajstić information content (AvgIpc) is 2.85. The Morgan fingerprint density at radius 2 is 2.21 bits per heavy atom. The molecule has 2 rings (SSSR count). The molecule has 0 radical (unpaired) electrons. The predicted molar refractivity (Wildman–Crippen MR) is 76.8 cm³/mol. The molecule has 0 amide bonds. The fraction of sp³-hybridized carbons (Fsp3) is 0.357. The molecule has 0 atom stereocenters. The average molecular weight is 280 g/mol. The Bertz CT molecular complexity index is 539. The Labute approximate surface area is 118 Å². The Morgan fingerprint density at radius 3 is 2.89 bits per heavy atom. The van der Waals surface area contributed by atoms with E-state index < -0.39 is 0 Å². The van der Waals surface area contributed by atoms with Crippen LogP contribution in [0.1, 0.15) is 19.4 Å². The summed E-state index contributed by atoms with van der Waals surface area (Å²) >= 11 is 6.03. The summed E-state index contributed by atoms with van der Waals surface area (Å²) in [5, 5.41) is 8.14. The minimum atomic E-state index is 0.665. The van der Waals surface area contributed by atoms with Gasteiger partial charge in [0.25, 0.3) is 0 Å². The van der Waals surface area contributed by atoms with Crippen LogP contribution in [0.3, 0.4) is 0 Å². The van der Waals surface area contributed by atoms with Crippen LogP contribution in [-0.2, 0) is 13.1 Å². The third-order valence-electron chi connectivity index (χ3n) is 2.76. The van der Waals surface area contributed by atoms with Crippen molar-refractivity contribution in [3.8, 4) is 11.5 Å². The summed E-state index contributed by atoms with van der Waals surface area (Å²) in [6, 6.07) is 5.68. The van der Waals surface area contributed by atoms with Gasteiger partial charge in [-0.3, -0.25) is 4.68 Å². The lowest BCUT2D eigenvalue weighted by Gasteiger charge is -2.10. The van der Waals surface area contributed by atoms with Gasteiger partial charge in [-0.05, 0) is 25.6 Å². The van der Waals surface area contributed by atoms with Crippen molar-refractivity contribution in [2.75, 3.05) is 6.54 Å². The van der Waals surface area contributed by atoms with Gasteiger partial charge >= 0.3 is 0 Å². The van der Waals surface area contributed by atoms with Crippen LogP contribution >= 0.6 is 11.6 Å². The summed E-state index contributed by atoms with van der Waals surface area (Å²) in [5.41, 5.74) is 1.08. The lowest BCUT2D eigenvalue weighted by atomic mass is 10.2. The molecule has 0 bridgehead atoms. The highest BCUT2D eigenvalue weighted by atomic mass is 35.5. The topological polar surface area (TPSA) is 39.1 Å². The monoisotopic (exact) mass is 279 g/mol. The molecule has 0 saturated carbocycles. The molecule has 0 aliphatic carbocycles. The first-order valence-corrected chi connectivity index (χ1v) is 6.80. The Kier molecular flexibility index (Phi) is 4.82. The molecule has 0 saturated heterocycles. The van der Waals surface area contributed by atoms with Gasteiger partial charge in [0.1, 0.15) is 5.75 Å². The van der Waals surface area contributed by atoms with E-state index >= 15 is 0 Å². The SMILES string of the molecule is CCNCc1ccc(Cl)cc1Oc1cnn(CC)c1. The zero-order chi connectivity index (χ0) is 13.7. The molecule has 0 fully saturated rings. The molecule has 0 aliphatic rings. The van der Waals surface area contributed by atoms with Crippen molar-refractivity contribution >= 4 is 11.6 Å². The number of aryl methyl sites for hydroxylation is 1. The lowest BCUT2D eigenvalue weighted by molar-refractivity contribution is 0.472. The summed E-state index contributed by atoms with van der Waals surface area (Å²) in [5.74, 6) is 1.49. The molecule has 0 aliphatic heterocycles. The van der Waals surface area contributed by atoms with E-state index in [4.69, 9.17) is 16.3 Å². The minimum absolute atomic E-state index is 0.665. The maximum Gasteiger partial charge on any atom is 0.165 e. The second-order valence-electron chi connectivity index (χ2n) is 4.17. The zero-order valence-corrected chi connectivity index (χ0v) is 11.9. The molecule has 1 N–H and O–H groups in total. The molecule has 0 spiro atoms. The summed E-state index contributed by atoms with van der Waals surface area (Å²) in [6.07, 6.45) is 3.58. The van der Waals surface area contributed by atoms with Crippen LogP contribution in [0.4, 0.5) is 0 Å². The molecule has 1 aromatic carbocycles. The Balaban J connectivity index is 2.19. The second kappa shape index (κ2) is 6.59. The molecule has 19 heavy (non-hydrogen) atoms. The van der Waals surface area contributed by atoms with Gasteiger partial charge in [-0.25, -0.2) is 0 Å². The molecule has 0 unspecified atom stereocenters. The van der Waals surface area contributed by atoms with Crippen molar-refractivity contribution in [2.45, 2.75) is 26.9 Å². The van der Waals surface area contributed by atoms with Gasteiger partial charge in [0.2, 0.25) is 0 Å². The van der Waals surface area contributed by atoms with E-state index in [2.05, 4.69) is 17.3 Å². The zero-order valence-electron chi connectivity index (χ0n) is 11.2. The third-order valence-corrected chi connectivity index (χ3v) is 2.99. The standard InChI is InChI=1S/C14H18ClN3O/c1-3-16-8-11-5-6-12(15)7-14(11)19-13-9-17-18(4-2)10-13/h5-7,9-10,16H,3-4,8H2,1-2H3. The smallest absolute Gasteiger partial charge is 0.165 e. The van der Waals surface area contributed by atoms with Gasteiger partial charge in [-0.15, -0.1) is 0 Å². The molecule has 2 aromatic rings. The number of ether oxygens (including phenoxy) is 1. The van der Waals surface area contributed by atoms with Gasteiger partial charge in [0, 0.05) is 23.7 Å². The van der Waals surface area contributed by atoms with Crippen LogP contribution in [0.5, 0.6) is 11.5 Å². The van der Waals surface area contributed by atoms with Crippen LogP contribution in [0.2, 0.25) is 5.02 Å². The van der Waals surface area contributed by atoms with Crippen LogP contribution in [0, 0.1) is 0 Å². The number of hydrogen-bond acceptors (Lipinski definition) is 3. The maximum absolute atomic E-state index is 6.03. The summed E-state index contributed by atoms with van der Waals surface area (Å²) in [4.78, 5) is 0.